The van der Waals surface area contributed by atoms with Crippen LogP contribution in [0, 0.1) is 11.8 Å². The van der Waals surface area contributed by atoms with E-state index in [1.807, 2.05) is 11.9 Å². The summed E-state index contributed by atoms with van der Waals surface area (Å²) in [6, 6.07) is 0.462. The van der Waals surface area contributed by atoms with Crippen LogP contribution in [0.5, 0.6) is 0 Å². The van der Waals surface area contributed by atoms with Gasteiger partial charge in [-0.2, -0.15) is 0 Å². The molecule has 20 heavy (non-hydrogen) atoms. The van der Waals surface area contributed by atoms with E-state index in [2.05, 4.69) is 4.90 Å². The Morgan fingerprint density at radius 1 is 1.15 bits per heavy atom. The summed E-state index contributed by atoms with van der Waals surface area (Å²) >= 11 is 0. The average molecular weight is 280 g/mol. The minimum atomic E-state index is -0.129. The van der Waals surface area contributed by atoms with Crippen LogP contribution in [0.25, 0.3) is 0 Å². The zero-order chi connectivity index (χ0) is 14.1. The second-order valence-corrected chi connectivity index (χ2v) is 7.06. The summed E-state index contributed by atoms with van der Waals surface area (Å²) in [5.74, 6) is 1.31. The second-order valence-electron chi connectivity index (χ2n) is 7.06. The number of hydrogen-bond donors (Lipinski definition) is 1. The lowest BCUT2D eigenvalue weighted by Gasteiger charge is -2.32. The number of likely N-dealkylation sites (N-methyl/N-ethyl adjacent to an activating group) is 1. The van der Waals surface area contributed by atoms with Gasteiger partial charge >= 0.3 is 0 Å². The number of carbonyl (C=O) groups is 1. The molecule has 3 fully saturated rings. The fourth-order valence-electron chi connectivity index (χ4n) is 4.43. The van der Waals surface area contributed by atoms with E-state index in [1.54, 1.807) is 0 Å². The lowest BCUT2D eigenvalue weighted by atomic mass is 9.94. The molecular weight excluding hydrogens is 252 g/mol. The molecule has 0 aromatic heterocycles. The summed E-state index contributed by atoms with van der Waals surface area (Å²) in [5.41, 5.74) is 0. The second kappa shape index (κ2) is 6.02. The van der Waals surface area contributed by atoms with Crippen LogP contribution in [0.4, 0.5) is 0 Å². The highest BCUT2D eigenvalue weighted by atomic mass is 16.3. The van der Waals surface area contributed by atoms with Gasteiger partial charge in [0.05, 0.1) is 12.6 Å². The molecule has 1 saturated heterocycles. The number of aliphatic hydroxyl groups excluding tert-OH is 1. The van der Waals surface area contributed by atoms with Crippen LogP contribution in [0.2, 0.25) is 0 Å². The molecule has 0 spiro atoms. The monoisotopic (exact) mass is 280 g/mol. The van der Waals surface area contributed by atoms with Gasteiger partial charge in [-0.05, 0) is 31.6 Å². The smallest absolute Gasteiger partial charge is 0.236 e. The molecule has 1 N–H and O–H groups in total. The topological polar surface area (TPSA) is 43.8 Å². The molecule has 4 nitrogen and oxygen atoms in total. The first kappa shape index (κ1) is 14.3. The van der Waals surface area contributed by atoms with Crippen LogP contribution in [0.15, 0.2) is 0 Å². The molecule has 0 radical (unpaired) electrons. The van der Waals surface area contributed by atoms with Crippen molar-refractivity contribution in [2.75, 3.05) is 26.7 Å². The molecule has 0 bridgehead atoms. The van der Waals surface area contributed by atoms with Crippen LogP contribution in [-0.2, 0) is 4.79 Å². The Morgan fingerprint density at radius 2 is 1.90 bits per heavy atom. The van der Waals surface area contributed by atoms with Gasteiger partial charge in [0, 0.05) is 32.1 Å². The number of carbonyl (C=O) groups excluding carboxylic acids is 1. The van der Waals surface area contributed by atoms with Crippen LogP contribution in [0.1, 0.15) is 44.9 Å². The van der Waals surface area contributed by atoms with Gasteiger partial charge in [0.1, 0.15) is 0 Å². The largest absolute Gasteiger partial charge is 0.393 e. The van der Waals surface area contributed by atoms with Crippen molar-refractivity contribution in [3.8, 4) is 0 Å². The van der Waals surface area contributed by atoms with Gasteiger partial charge in [-0.25, -0.2) is 0 Å². The Hall–Kier alpha value is -0.610. The number of hydrogen-bond acceptors (Lipinski definition) is 3. The molecule has 3 aliphatic rings. The van der Waals surface area contributed by atoms with Crippen LogP contribution >= 0.6 is 0 Å². The van der Waals surface area contributed by atoms with E-state index < -0.39 is 0 Å². The molecule has 4 heteroatoms. The quantitative estimate of drug-likeness (QED) is 0.851. The molecule has 114 valence electrons. The van der Waals surface area contributed by atoms with E-state index in [-0.39, 0.29) is 12.0 Å². The summed E-state index contributed by atoms with van der Waals surface area (Å²) < 4.78 is 0. The summed E-state index contributed by atoms with van der Waals surface area (Å²) in [4.78, 5) is 16.7. The fraction of sp³-hybridized carbons (Fsp3) is 0.938. The molecule has 1 amide bonds. The molecule has 3 atom stereocenters. The summed E-state index contributed by atoms with van der Waals surface area (Å²) in [6.45, 7) is 2.47. The molecule has 3 unspecified atom stereocenters. The maximum absolute atomic E-state index is 12.4. The van der Waals surface area contributed by atoms with Crippen molar-refractivity contribution in [3.63, 3.8) is 0 Å². The molecule has 1 heterocycles. The van der Waals surface area contributed by atoms with E-state index in [4.69, 9.17) is 0 Å². The highest BCUT2D eigenvalue weighted by Gasteiger charge is 2.42. The van der Waals surface area contributed by atoms with E-state index in [0.717, 1.165) is 25.9 Å². The lowest BCUT2D eigenvalue weighted by Crippen LogP contribution is -2.44. The van der Waals surface area contributed by atoms with E-state index in [0.29, 0.717) is 24.4 Å². The first-order chi connectivity index (χ1) is 9.65. The van der Waals surface area contributed by atoms with Gasteiger partial charge in [0.25, 0.3) is 0 Å². The number of fused-ring (bicyclic) bond motifs is 1. The third-order valence-corrected chi connectivity index (χ3v) is 5.77. The third kappa shape index (κ3) is 2.86. The summed E-state index contributed by atoms with van der Waals surface area (Å²) in [5, 5.41) is 9.94. The minimum absolute atomic E-state index is 0.129. The van der Waals surface area contributed by atoms with Crippen LogP contribution in [0.3, 0.4) is 0 Å². The summed E-state index contributed by atoms with van der Waals surface area (Å²) in [6.07, 6.45) is 8.17. The van der Waals surface area contributed by atoms with Crippen molar-refractivity contribution < 1.29 is 9.90 Å². The predicted octanol–water partition coefficient (Wildman–Crippen LogP) is 1.48. The zero-order valence-electron chi connectivity index (χ0n) is 12.6. The standard InChI is InChI=1S/C16H28N2O2/c1-17(13-5-3-2-4-6-13)16(20)11-18-9-12-7-8-15(19)14(12)10-18/h12-15,19H,2-11H2,1H3. The van der Waals surface area contributed by atoms with Crippen molar-refractivity contribution in [2.24, 2.45) is 11.8 Å². The number of rotatable bonds is 3. The SMILES string of the molecule is CN(C(=O)CN1CC2CCC(O)C2C1)C1CCCCC1. The van der Waals surface area contributed by atoms with E-state index >= 15 is 0 Å². The van der Waals surface area contributed by atoms with Crippen LogP contribution < -0.4 is 0 Å². The highest BCUT2D eigenvalue weighted by molar-refractivity contribution is 5.78. The average Bonchev–Trinajstić information content (AvgIpc) is 3.01. The highest BCUT2D eigenvalue weighted by Crippen LogP contribution is 2.37. The van der Waals surface area contributed by atoms with E-state index in [9.17, 15) is 9.90 Å². The first-order valence-corrected chi connectivity index (χ1v) is 8.31. The van der Waals surface area contributed by atoms with Crippen molar-refractivity contribution in [2.45, 2.75) is 57.1 Å². The minimum Gasteiger partial charge on any atom is -0.393 e. The Bertz CT molecular complexity index is 354. The van der Waals surface area contributed by atoms with Crippen molar-refractivity contribution >= 4 is 5.91 Å². The fourth-order valence-corrected chi connectivity index (χ4v) is 4.43. The van der Waals surface area contributed by atoms with Crippen molar-refractivity contribution in [1.82, 2.24) is 9.80 Å². The first-order valence-electron chi connectivity index (χ1n) is 8.31. The van der Waals surface area contributed by atoms with Crippen LogP contribution in [-0.4, -0.2) is 59.6 Å². The van der Waals surface area contributed by atoms with Gasteiger partial charge in [0.2, 0.25) is 5.91 Å². The van der Waals surface area contributed by atoms with Gasteiger partial charge < -0.3 is 10.0 Å². The Kier molecular flexibility index (Phi) is 4.32. The normalized spacial score (nSPS) is 35.2. The Morgan fingerprint density at radius 3 is 2.60 bits per heavy atom. The van der Waals surface area contributed by atoms with E-state index in [1.165, 1.54) is 32.1 Å². The third-order valence-electron chi connectivity index (χ3n) is 5.77. The zero-order valence-corrected chi connectivity index (χ0v) is 12.6. The maximum Gasteiger partial charge on any atom is 0.236 e. The molecule has 2 saturated carbocycles. The van der Waals surface area contributed by atoms with Gasteiger partial charge in [-0.1, -0.05) is 19.3 Å². The predicted molar refractivity (Wildman–Crippen MR) is 78.3 cm³/mol. The number of nitrogens with zero attached hydrogens (tertiary/aromatic N) is 2. The molecule has 0 aromatic rings. The summed E-state index contributed by atoms with van der Waals surface area (Å²) in [7, 11) is 1.98. The van der Waals surface area contributed by atoms with Gasteiger partial charge in [-0.15, -0.1) is 0 Å². The lowest BCUT2D eigenvalue weighted by molar-refractivity contribution is -0.133. The van der Waals surface area contributed by atoms with Gasteiger partial charge in [-0.3, -0.25) is 9.69 Å². The number of aliphatic hydroxyl groups is 1. The molecular formula is C16H28N2O2. The maximum atomic E-state index is 12.4. The molecule has 0 aromatic carbocycles. The number of amides is 1. The Labute approximate surface area is 122 Å². The number of likely N-dealkylation sites (tertiary alicyclic amines) is 1. The molecule has 3 rings (SSSR count). The van der Waals surface area contributed by atoms with Crippen molar-refractivity contribution in [3.05, 3.63) is 0 Å². The molecule has 1 aliphatic heterocycles. The molecule has 2 aliphatic carbocycles. The Balaban J connectivity index is 1.49. The van der Waals surface area contributed by atoms with Gasteiger partial charge in [0.15, 0.2) is 0 Å². The van der Waals surface area contributed by atoms with Crippen molar-refractivity contribution in [1.29, 1.82) is 0 Å².